The van der Waals surface area contributed by atoms with Gasteiger partial charge in [0, 0.05) is 10.5 Å². The summed E-state index contributed by atoms with van der Waals surface area (Å²) in [6, 6.07) is 0. The molecule has 2 heterocycles. The number of thioether (sulfide) groups is 2. The van der Waals surface area contributed by atoms with E-state index in [-0.39, 0.29) is 6.10 Å². The lowest BCUT2D eigenvalue weighted by atomic mass is 9.98. The standard InChI is InChI=1S/C8H14OS2/c9-7-1-3-11-8(5-7)2-4-10-6-8/h7,9H,1-6H2. The van der Waals surface area contributed by atoms with E-state index in [9.17, 15) is 5.11 Å². The lowest BCUT2D eigenvalue weighted by molar-refractivity contribution is 0.145. The van der Waals surface area contributed by atoms with Crippen molar-refractivity contribution in [2.45, 2.75) is 30.1 Å². The third-order valence-corrected chi connectivity index (χ3v) is 5.53. The zero-order chi connectivity index (χ0) is 7.73. The van der Waals surface area contributed by atoms with E-state index in [4.69, 9.17) is 0 Å². The highest BCUT2D eigenvalue weighted by molar-refractivity contribution is 8.04. The molecule has 2 fully saturated rings. The highest BCUT2D eigenvalue weighted by Crippen LogP contribution is 2.46. The van der Waals surface area contributed by atoms with Crippen LogP contribution in [0.4, 0.5) is 0 Å². The van der Waals surface area contributed by atoms with E-state index in [1.807, 2.05) is 11.8 Å². The molecule has 2 rings (SSSR count). The van der Waals surface area contributed by atoms with Crippen molar-refractivity contribution < 1.29 is 5.11 Å². The van der Waals surface area contributed by atoms with Crippen LogP contribution in [0.1, 0.15) is 19.3 Å². The van der Waals surface area contributed by atoms with Crippen LogP contribution >= 0.6 is 23.5 Å². The molecule has 2 atom stereocenters. The Morgan fingerprint density at radius 1 is 1.36 bits per heavy atom. The predicted molar refractivity (Wildman–Crippen MR) is 52.4 cm³/mol. The van der Waals surface area contributed by atoms with Crippen molar-refractivity contribution in [2.75, 3.05) is 17.3 Å². The second-order valence-electron chi connectivity index (χ2n) is 3.48. The van der Waals surface area contributed by atoms with E-state index in [0.717, 1.165) is 12.8 Å². The van der Waals surface area contributed by atoms with Crippen LogP contribution in [0.15, 0.2) is 0 Å². The van der Waals surface area contributed by atoms with Crippen LogP contribution in [0.25, 0.3) is 0 Å². The third kappa shape index (κ3) is 1.70. The fourth-order valence-electron chi connectivity index (χ4n) is 1.87. The van der Waals surface area contributed by atoms with Crippen LogP contribution in [0.2, 0.25) is 0 Å². The largest absolute Gasteiger partial charge is 0.393 e. The Bertz CT molecular complexity index is 143. The molecule has 1 N–H and O–H groups in total. The molecule has 2 unspecified atom stereocenters. The van der Waals surface area contributed by atoms with Crippen molar-refractivity contribution in [1.29, 1.82) is 0 Å². The number of hydrogen-bond donors (Lipinski definition) is 1. The van der Waals surface area contributed by atoms with Crippen LogP contribution < -0.4 is 0 Å². The van der Waals surface area contributed by atoms with E-state index < -0.39 is 0 Å². The first-order valence-corrected chi connectivity index (χ1v) is 6.35. The van der Waals surface area contributed by atoms with Gasteiger partial charge in [0.2, 0.25) is 0 Å². The zero-order valence-corrected chi connectivity index (χ0v) is 8.22. The van der Waals surface area contributed by atoms with E-state index in [1.165, 1.54) is 23.7 Å². The molecule has 2 aliphatic rings. The summed E-state index contributed by atoms with van der Waals surface area (Å²) in [4.78, 5) is 0. The van der Waals surface area contributed by atoms with Crippen molar-refractivity contribution in [3.05, 3.63) is 0 Å². The minimum Gasteiger partial charge on any atom is -0.393 e. The molecule has 3 heteroatoms. The molecule has 64 valence electrons. The lowest BCUT2D eigenvalue weighted by Crippen LogP contribution is -2.34. The normalized spacial score (nSPS) is 45.0. The maximum absolute atomic E-state index is 9.51. The highest BCUT2D eigenvalue weighted by atomic mass is 32.2. The van der Waals surface area contributed by atoms with Gasteiger partial charge < -0.3 is 5.11 Å². The summed E-state index contributed by atoms with van der Waals surface area (Å²) in [7, 11) is 0. The van der Waals surface area contributed by atoms with Gasteiger partial charge in [-0.3, -0.25) is 0 Å². The predicted octanol–water partition coefficient (Wildman–Crippen LogP) is 1.75. The van der Waals surface area contributed by atoms with Crippen LogP contribution in [-0.2, 0) is 0 Å². The molecule has 0 radical (unpaired) electrons. The summed E-state index contributed by atoms with van der Waals surface area (Å²) < 4.78 is 0.475. The van der Waals surface area contributed by atoms with Crippen molar-refractivity contribution in [2.24, 2.45) is 0 Å². The number of aliphatic hydroxyl groups excluding tert-OH is 1. The van der Waals surface area contributed by atoms with Gasteiger partial charge in [0.25, 0.3) is 0 Å². The molecule has 11 heavy (non-hydrogen) atoms. The van der Waals surface area contributed by atoms with E-state index in [1.54, 1.807) is 0 Å². The Morgan fingerprint density at radius 3 is 2.91 bits per heavy atom. The Balaban J connectivity index is 2.00. The summed E-state index contributed by atoms with van der Waals surface area (Å²) in [5.74, 6) is 3.75. The Hall–Kier alpha value is 0.660. The van der Waals surface area contributed by atoms with Crippen molar-refractivity contribution in [3.63, 3.8) is 0 Å². The van der Waals surface area contributed by atoms with Crippen molar-refractivity contribution >= 4 is 23.5 Å². The average molecular weight is 190 g/mol. The third-order valence-electron chi connectivity index (χ3n) is 2.53. The van der Waals surface area contributed by atoms with Gasteiger partial charge >= 0.3 is 0 Å². The van der Waals surface area contributed by atoms with E-state index in [0.29, 0.717) is 4.75 Å². The smallest absolute Gasteiger partial charge is 0.0561 e. The number of aliphatic hydroxyl groups is 1. The monoisotopic (exact) mass is 190 g/mol. The Morgan fingerprint density at radius 2 is 2.27 bits per heavy atom. The first kappa shape index (κ1) is 8.27. The molecule has 0 aromatic rings. The average Bonchev–Trinajstić information content (AvgIpc) is 2.37. The SMILES string of the molecule is OC1CCSC2(CCSC2)C1. The molecule has 0 amide bonds. The Kier molecular flexibility index (Phi) is 2.40. The fraction of sp³-hybridized carbons (Fsp3) is 1.00. The van der Waals surface area contributed by atoms with Crippen LogP contribution in [0.3, 0.4) is 0 Å². The molecule has 2 aliphatic heterocycles. The van der Waals surface area contributed by atoms with Gasteiger partial charge in [-0.1, -0.05) is 0 Å². The fourth-order valence-corrected chi connectivity index (χ4v) is 5.27. The van der Waals surface area contributed by atoms with Gasteiger partial charge in [-0.2, -0.15) is 23.5 Å². The second-order valence-corrected chi connectivity index (χ2v) is 6.15. The molecule has 0 aromatic heterocycles. The number of hydrogen-bond acceptors (Lipinski definition) is 3. The molecular formula is C8H14OS2. The minimum absolute atomic E-state index is 0.00468. The lowest BCUT2D eigenvalue weighted by Gasteiger charge is -2.34. The zero-order valence-electron chi connectivity index (χ0n) is 6.58. The minimum atomic E-state index is -0.00468. The number of rotatable bonds is 0. The van der Waals surface area contributed by atoms with Gasteiger partial charge in [0.15, 0.2) is 0 Å². The molecule has 2 saturated heterocycles. The van der Waals surface area contributed by atoms with Gasteiger partial charge in [-0.05, 0) is 30.8 Å². The van der Waals surface area contributed by atoms with Gasteiger partial charge in [-0.25, -0.2) is 0 Å². The first-order chi connectivity index (χ1) is 5.31. The summed E-state index contributed by atoms with van der Waals surface area (Å²) >= 11 is 4.15. The molecule has 1 spiro atoms. The molecule has 0 aliphatic carbocycles. The van der Waals surface area contributed by atoms with Crippen LogP contribution in [0, 0.1) is 0 Å². The van der Waals surface area contributed by atoms with Crippen molar-refractivity contribution in [1.82, 2.24) is 0 Å². The van der Waals surface area contributed by atoms with Crippen molar-refractivity contribution in [3.8, 4) is 0 Å². The molecule has 1 nitrogen and oxygen atoms in total. The van der Waals surface area contributed by atoms with E-state index in [2.05, 4.69) is 11.8 Å². The summed E-state index contributed by atoms with van der Waals surface area (Å²) in [5, 5.41) is 9.51. The summed E-state index contributed by atoms with van der Waals surface area (Å²) in [6.07, 6.45) is 3.37. The maximum atomic E-state index is 9.51. The quantitative estimate of drug-likeness (QED) is 0.628. The topological polar surface area (TPSA) is 20.2 Å². The maximum Gasteiger partial charge on any atom is 0.0561 e. The first-order valence-electron chi connectivity index (χ1n) is 4.21. The molecule has 0 bridgehead atoms. The highest BCUT2D eigenvalue weighted by Gasteiger charge is 2.39. The van der Waals surface area contributed by atoms with Gasteiger partial charge in [0.1, 0.15) is 0 Å². The molecule has 0 aromatic carbocycles. The summed E-state index contributed by atoms with van der Waals surface area (Å²) in [6.45, 7) is 0. The van der Waals surface area contributed by atoms with Gasteiger partial charge in [0.05, 0.1) is 6.10 Å². The molecule has 0 saturated carbocycles. The van der Waals surface area contributed by atoms with Crippen LogP contribution in [0.5, 0.6) is 0 Å². The van der Waals surface area contributed by atoms with Gasteiger partial charge in [-0.15, -0.1) is 0 Å². The summed E-state index contributed by atoms with van der Waals surface area (Å²) in [5.41, 5.74) is 0. The van der Waals surface area contributed by atoms with E-state index >= 15 is 0 Å². The second kappa shape index (κ2) is 3.19. The van der Waals surface area contributed by atoms with Crippen LogP contribution in [-0.4, -0.2) is 33.2 Å². The Labute approximate surface area is 76.3 Å². The molecular weight excluding hydrogens is 176 g/mol.